The molecule has 0 radical (unpaired) electrons. The second-order valence-corrected chi connectivity index (χ2v) is 6.12. The highest BCUT2D eigenvalue weighted by atomic mass is 35.5. The van der Waals surface area contributed by atoms with Crippen molar-refractivity contribution in [1.29, 1.82) is 0 Å². The first-order chi connectivity index (χ1) is 10.8. The Morgan fingerprint density at radius 3 is 2.73 bits per heavy atom. The van der Waals surface area contributed by atoms with Crippen molar-refractivity contribution in [2.24, 2.45) is 0 Å². The van der Waals surface area contributed by atoms with Crippen LogP contribution in [0.25, 0.3) is 22.0 Å². The summed E-state index contributed by atoms with van der Waals surface area (Å²) in [6.07, 6.45) is 6.73. The summed E-state index contributed by atoms with van der Waals surface area (Å²) in [7, 11) is 0. The Kier molecular flexibility index (Phi) is 4.74. The first-order valence-electron chi connectivity index (χ1n) is 7.91. The largest absolute Gasteiger partial charge is 0.256 e. The van der Waals surface area contributed by atoms with E-state index in [1.165, 1.54) is 35.8 Å². The summed E-state index contributed by atoms with van der Waals surface area (Å²) in [5.74, 6) is 0. The molecule has 0 aliphatic heterocycles. The fourth-order valence-electron chi connectivity index (χ4n) is 2.85. The highest BCUT2D eigenvalue weighted by molar-refractivity contribution is 6.30. The Morgan fingerprint density at radius 1 is 1.00 bits per heavy atom. The maximum Gasteiger partial charge on any atom is 0.0780 e. The number of benzene rings is 2. The molecule has 1 aromatic heterocycles. The Balaban J connectivity index is 2.10. The lowest BCUT2D eigenvalue weighted by Crippen LogP contribution is -1.91. The molecule has 2 heteroatoms. The number of pyridine rings is 1. The highest BCUT2D eigenvalue weighted by Crippen LogP contribution is 2.30. The van der Waals surface area contributed by atoms with Crippen molar-refractivity contribution in [3.05, 3.63) is 65.3 Å². The summed E-state index contributed by atoms with van der Waals surface area (Å²) in [5, 5.41) is 1.96. The molecule has 1 heterocycles. The van der Waals surface area contributed by atoms with Crippen LogP contribution in [0.4, 0.5) is 0 Å². The number of halogens is 1. The number of fused-ring (bicyclic) bond motifs is 1. The van der Waals surface area contributed by atoms with Crippen molar-refractivity contribution in [3.63, 3.8) is 0 Å². The zero-order valence-electron chi connectivity index (χ0n) is 12.8. The number of nitrogens with zero attached hydrogens (tertiary/aromatic N) is 1. The van der Waals surface area contributed by atoms with Gasteiger partial charge in [0.25, 0.3) is 0 Å². The van der Waals surface area contributed by atoms with Gasteiger partial charge < -0.3 is 0 Å². The van der Waals surface area contributed by atoms with Crippen molar-refractivity contribution < 1.29 is 0 Å². The van der Waals surface area contributed by atoms with E-state index >= 15 is 0 Å². The second-order valence-electron chi connectivity index (χ2n) is 5.69. The van der Waals surface area contributed by atoms with Gasteiger partial charge in [0.05, 0.1) is 5.52 Å². The van der Waals surface area contributed by atoms with Gasteiger partial charge in [-0.05, 0) is 54.3 Å². The molecule has 3 aromatic rings. The SMILES string of the molecule is CCCCCc1cc(-c2cccc(Cl)c2)c2ncccc2c1. The minimum Gasteiger partial charge on any atom is -0.256 e. The number of unbranched alkanes of at least 4 members (excludes halogenated alkanes) is 2. The van der Waals surface area contributed by atoms with Crippen molar-refractivity contribution in [3.8, 4) is 11.1 Å². The van der Waals surface area contributed by atoms with Gasteiger partial charge in [-0.2, -0.15) is 0 Å². The molecule has 0 aliphatic carbocycles. The van der Waals surface area contributed by atoms with Gasteiger partial charge in [-0.25, -0.2) is 0 Å². The van der Waals surface area contributed by atoms with Gasteiger partial charge in [0.2, 0.25) is 0 Å². The summed E-state index contributed by atoms with van der Waals surface area (Å²) in [4.78, 5) is 4.58. The van der Waals surface area contributed by atoms with Crippen LogP contribution in [0, 0.1) is 0 Å². The molecular weight excluding hydrogens is 290 g/mol. The van der Waals surface area contributed by atoms with Crippen molar-refractivity contribution in [2.75, 3.05) is 0 Å². The van der Waals surface area contributed by atoms with Crippen LogP contribution in [0.3, 0.4) is 0 Å². The normalized spacial score (nSPS) is 11.0. The molecule has 0 N–H and O–H groups in total. The van der Waals surface area contributed by atoms with Crippen molar-refractivity contribution in [1.82, 2.24) is 4.98 Å². The van der Waals surface area contributed by atoms with Crippen molar-refractivity contribution >= 4 is 22.5 Å². The van der Waals surface area contributed by atoms with E-state index in [0.717, 1.165) is 22.5 Å². The molecule has 0 amide bonds. The molecule has 22 heavy (non-hydrogen) atoms. The molecule has 0 saturated heterocycles. The molecule has 0 atom stereocenters. The third-order valence-electron chi connectivity index (χ3n) is 3.97. The molecule has 3 rings (SSSR count). The van der Waals surface area contributed by atoms with Crippen LogP contribution in [0.1, 0.15) is 31.7 Å². The molecule has 2 aromatic carbocycles. The van der Waals surface area contributed by atoms with E-state index in [1.807, 2.05) is 30.5 Å². The Bertz CT molecular complexity index is 780. The average Bonchev–Trinajstić information content (AvgIpc) is 2.54. The fourth-order valence-corrected chi connectivity index (χ4v) is 3.04. The van der Waals surface area contributed by atoms with E-state index in [1.54, 1.807) is 0 Å². The number of aryl methyl sites for hydroxylation is 1. The maximum absolute atomic E-state index is 6.17. The maximum atomic E-state index is 6.17. The van der Waals surface area contributed by atoms with Crippen LogP contribution >= 0.6 is 11.6 Å². The number of hydrogen-bond acceptors (Lipinski definition) is 1. The van der Waals surface area contributed by atoms with Gasteiger partial charge in [-0.3, -0.25) is 4.98 Å². The lowest BCUT2D eigenvalue weighted by Gasteiger charge is -2.10. The lowest BCUT2D eigenvalue weighted by molar-refractivity contribution is 0.718. The first kappa shape index (κ1) is 15.1. The van der Waals surface area contributed by atoms with Crippen LogP contribution in [-0.2, 0) is 6.42 Å². The Morgan fingerprint density at radius 2 is 1.91 bits per heavy atom. The summed E-state index contributed by atoms with van der Waals surface area (Å²) >= 11 is 6.17. The standard InChI is InChI=1S/C20H20ClN/c1-2-3-4-7-15-12-17-9-6-11-22-20(17)19(13-15)16-8-5-10-18(21)14-16/h5-6,8-14H,2-4,7H2,1H3. The third kappa shape index (κ3) is 3.31. The highest BCUT2D eigenvalue weighted by Gasteiger charge is 2.08. The van der Waals surface area contributed by atoms with E-state index < -0.39 is 0 Å². The van der Waals surface area contributed by atoms with Gasteiger partial charge in [-0.15, -0.1) is 0 Å². The van der Waals surface area contributed by atoms with Gasteiger partial charge in [0.15, 0.2) is 0 Å². The Labute approximate surface area is 137 Å². The van der Waals surface area contributed by atoms with E-state index in [2.05, 4.69) is 36.2 Å². The van der Waals surface area contributed by atoms with Gasteiger partial charge >= 0.3 is 0 Å². The minimum atomic E-state index is 0.762. The molecule has 112 valence electrons. The molecule has 0 unspecified atom stereocenters. The first-order valence-corrected chi connectivity index (χ1v) is 8.29. The zero-order valence-corrected chi connectivity index (χ0v) is 13.6. The molecule has 0 aliphatic rings. The van der Waals surface area contributed by atoms with Crippen LogP contribution in [0.15, 0.2) is 54.7 Å². The van der Waals surface area contributed by atoms with E-state index in [9.17, 15) is 0 Å². The molecule has 0 fully saturated rings. The molecule has 1 nitrogen and oxygen atoms in total. The monoisotopic (exact) mass is 309 g/mol. The van der Waals surface area contributed by atoms with E-state index in [0.29, 0.717) is 0 Å². The van der Waals surface area contributed by atoms with Crippen LogP contribution in [0.5, 0.6) is 0 Å². The predicted molar refractivity (Wildman–Crippen MR) is 95.4 cm³/mol. The van der Waals surface area contributed by atoms with E-state index in [4.69, 9.17) is 11.6 Å². The minimum absolute atomic E-state index is 0.762. The molecule has 0 spiro atoms. The third-order valence-corrected chi connectivity index (χ3v) is 4.20. The molecule has 0 saturated carbocycles. The summed E-state index contributed by atoms with van der Waals surface area (Å²) in [6.45, 7) is 2.24. The van der Waals surface area contributed by atoms with Gasteiger partial charge in [-0.1, -0.05) is 49.6 Å². The average molecular weight is 310 g/mol. The summed E-state index contributed by atoms with van der Waals surface area (Å²) < 4.78 is 0. The van der Waals surface area contributed by atoms with Gasteiger partial charge in [0.1, 0.15) is 0 Å². The van der Waals surface area contributed by atoms with E-state index in [-0.39, 0.29) is 0 Å². The topological polar surface area (TPSA) is 12.9 Å². The van der Waals surface area contributed by atoms with Gasteiger partial charge in [0, 0.05) is 22.2 Å². The predicted octanol–water partition coefficient (Wildman–Crippen LogP) is 6.29. The quantitative estimate of drug-likeness (QED) is 0.505. The number of aromatic nitrogens is 1. The van der Waals surface area contributed by atoms with Crippen LogP contribution in [-0.4, -0.2) is 4.98 Å². The smallest absolute Gasteiger partial charge is 0.0780 e. The Hall–Kier alpha value is -1.86. The van der Waals surface area contributed by atoms with Crippen molar-refractivity contribution in [2.45, 2.75) is 32.6 Å². The second kappa shape index (κ2) is 6.93. The zero-order chi connectivity index (χ0) is 15.4. The molecular formula is C20H20ClN. The summed E-state index contributed by atoms with van der Waals surface area (Å²) in [6, 6.07) is 16.7. The molecule has 0 bridgehead atoms. The van der Waals surface area contributed by atoms with Crippen LogP contribution in [0.2, 0.25) is 5.02 Å². The fraction of sp³-hybridized carbons (Fsp3) is 0.250. The number of hydrogen-bond donors (Lipinski definition) is 0. The number of rotatable bonds is 5. The van der Waals surface area contributed by atoms with Crippen LogP contribution < -0.4 is 0 Å². The summed E-state index contributed by atoms with van der Waals surface area (Å²) in [5.41, 5.74) is 4.73. The lowest BCUT2D eigenvalue weighted by atomic mass is 9.96.